The second kappa shape index (κ2) is 6.35. The Labute approximate surface area is 139 Å². The molecule has 0 aliphatic heterocycles. The normalized spacial score (nSPS) is 13.3. The van der Waals surface area contributed by atoms with Crippen LogP contribution in [0.1, 0.15) is 6.92 Å². The lowest BCUT2D eigenvalue weighted by Gasteiger charge is -2.09. The summed E-state index contributed by atoms with van der Waals surface area (Å²) in [6.45, 7) is 1.46. The monoisotopic (exact) mass is 348 g/mol. The van der Waals surface area contributed by atoms with Gasteiger partial charge >= 0.3 is 0 Å². The maximum Gasteiger partial charge on any atom is 0.240 e. The van der Waals surface area contributed by atoms with Crippen LogP contribution in [0, 0.1) is 5.82 Å². The fourth-order valence-corrected chi connectivity index (χ4v) is 3.59. The minimum absolute atomic E-state index is 0.0436. The standard InChI is InChI=1S/C17H17FN2O3S/c1-11(21)9-20-24(22,23)14-5-2-12(3-6-14)16-10-19-17-8-13(18)4-7-15(16)17/h2-8,10-11,19-21H,9H2,1H3/t11-/m1/s1. The van der Waals surface area contributed by atoms with Gasteiger partial charge in [0.05, 0.1) is 11.0 Å². The smallest absolute Gasteiger partial charge is 0.240 e. The highest BCUT2D eigenvalue weighted by atomic mass is 32.2. The lowest BCUT2D eigenvalue weighted by molar-refractivity contribution is 0.198. The van der Waals surface area contributed by atoms with E-state index in [-0.39, 0.29) is 17.3 Å². The molecule has 1 heterocycles. The van der Waals surface area contributed by atoms with Gasteiger partial charge in [0, 0.05) is 29.2 Å². The number of fused-ring (bicyclic) bond motifs is 1. The number of hydrogen-bond acceptors (Lipinski definition) is 3. The highest BCUT2D eigenvalue weighted by Gasteiger charge is 2.15. The minimum atomic E-state index is -3.66. The van der Waals surface area contributed by atoms with Gasteiger partial charge in [0.15, 0.2) is 0 Å². The average Bonchev–Trinajstić information content (AvgIpc) is 2.96. The van der Waals surface area contributed by atoms with E-state index >= 15 is 0 Å². The second-order valence-electron chi connectivity index (χ2n) is 5.62. The first-order chi connectivity index (χ1) is 11.4. The van der Waals surface area contributed by atoms with Crippen molar-refractivity contribution in [1.29, 1.82) is 0 Å². The first kappa shape index (κ1) is 16.6. The van der Waals surface area contributed by atoms with E-state index in [2.05, 4.69) is 9.71 Å². The Bertz CT molecular complexity index is 963. The molecule has 2 aromatic carbocycles. The summed E-state index contributed by atoms with van der Waals surface area (Å²) < 4.78 is 39.8. The van der Waals surface area contributed by atoms with Gasteiger partial charge in [0.1, 0.15) is 5.82 Å². The van der Waals surface area contributed by atoms with Gasteiger partial charge in [0.25, 0.3) is 0 Å². The van der Waals surface area contributed by atoms with Crippen LogP contribution in [0.5, 0.6) is 0 Å². The number of nitrogens with one attached hydrogen (secondary N) is 2. The Balaban J connectivity index is 1.91. The predicted octanol–water partition coefficient (Wildman–Crippen LogP) is 2.63. The number of aliphatic hydroxyl groups excluding tert-OH is 1. The van der Waals surface area contributed by atoms with E-state index in [1.165, 1.54) is 31.2 Å². The van der Waals surface area contributed by atoms with Crippen molar-refractivity contribution < 1.29 is 17.9 Å². The van der Waals surface area contributed by atoms with E-state index in [1.54, 1.807) is 24.4 Å². The molecule has 0 aliphatic carbocycles. The zero-order valence-corrected chi connectivity index (χ0v) is 13.8. The molecular formula is C17H17FN2O3S. The molecule has 0 amide bonds. The molecule has 7 heteroatoms. The molecule has 3 rings (SSSR count). The van der Waals surface area contributed by atoms with E-state index in [0.29, 0.717) is 5.52 Å². The summed E-state index contributed by atoms with van der Waals surface area (Å²) >= 11 is 0. The molecule has 0 fully saturated rings. The van der Waals surface area contributed by atoms with Crippen molar-refractivity contribution in [2.24, 2.45) is 0 Å². The lowest BCUT2D eigenvalue weighted by atomic mass is 10.1. The number of aromatic nitrogens is 1. The Kier molecular flexibility index (Phi) is 4.40. The highest BCUT2D eigenvalue weighted by molar-refractivity contribution is 7.89. The second-order valence-corrected chi connectivity index (χ2v) is 7.38. The van der Waals surface area contributed by atoms with Crippen LogP contribution in [0.4, 0.5) is 4.39 Å². The number of aromatic amines is 1. The van der Waals surface area contributed by atoms with Gasteiger partial charge in [-0.05, 0) is 42.8 Å². The molecule has 126 valence electrons. The molecular weight excluding hydrogens is 331 g/mol. The van der Waals surface area contributed by atoms with Crippen molar-refractivity contribution in [3.05, 3.63) is 54.5 Å². The van der Waals surface area contributed by atoms with Crippen molar-refractivity contribution in [2.45, 2.75) is 17.9 Å². The molecule has 0 spiro atoms. The third kappa shape index (κ3) is 3.33. The zero-order valence-electron chi connectivity index (χ0n) is 13.0. The topological polar surface area (TPSA) is 82.2 Å². The van der Waals surface area contributed by atoms with E-state index in [9.17, 15) is 17.9 Å². The summed E-state index contributed by atoms with van der Waals surface area (Å²) in [5, 5.41) is 10.1. The average molecular weight is 348 g/mol. The summed E-state index contributed by atoms with van der Waals surface area (Å²) in [4.78, 5) is 3.13. The molecule has 3 aromatic rings. The summed E-state index contributed by atoms with van der Waals surface area (Å²) in [6.07, 6.45) is 1.00. The third-order valence-corrected chi connectivity index (χ3v) is 5.13. The van der Waals surface area contributed by atoms with Gasteiger partial charge < -0.3 is 10.1 Å². The van der Waals surface area contributed by atoms with Gasteiger partial charge in [-0.15, -0.1) is 0 Å². The van der Waals surface area contributed by atoms with Crippen LogP contribution < -0.4 is 4.72 Å². The predicted molar refractivity (Wildman–Crippen MR) is 90.6 cm³/mol. The molecule has 0 saturated carbocycles. The first-order valence-electron chi connectivity index (χ1n) is 7.41. The van der Waals surface area contributed by atoms with E-state index < -0.39 is 16.1 Å². The van der Waals surface area contributed by atoms with Crippen molar-refractivity contribution in [1.82, 2.24) is 9.71 Å². The van der Waals surface area contributed by atoms with E-state index in [0.717, 1.165) is 16.5 Å². The Morgan fingerprint density at radius 1 is 1.21 bits per heavy atom. The van der Waals surface area contributed by atoms with Crippen molar-refractivity contribution in [2.75, 3.05) is 6.54 Å². The van der Waals surface area contributed by atoms with Crippen LogP contribution in [-0.4, -0.2) is 31.2 Å². The van der Waals surface area contributed by atoms with Crippen LogP contribution in [-0.2, 0) is 10.0 Å². The van der Waals surface area contributed by atoms with Crippen LogP contribution in [0.25, 0.3) is 22.0 Å². The summed E-state index contributed by atoms with van der Waals surface area (Å²) in [5.41, 5.74) is 2.37. The van der Waals surface area contributed by atoms with Gasteiger partial charge in [0.2, 0.25) is 10.0 Å². The summed E-state index contributed by atoms with van der Waals surface area (Å²) in [5.74, 6) is -0.318. The Morgan fingerprint density at radius 2 is 1.92 bits per heavy atom. The number of sulfonamides is 1. The third-order valence-electron chi connectivity index (χ3n) is 3.69. The molecule has 5 nitrogen and oxygen atoms in total. The van der Waals surface area contributed by atoms with Crippen molar-refractivity contribution >= 4 is 20.9 Å². The number of hydrogen-bond donors (Lipinski definition) is 3. The summed E-state index contributed by atoms with van der Waals surface area (Å²) in [6, 6.07) is 10.9. The zero-order chi connectivity index (χ0) is 17.3. The maximum absolute atomic E-state index is 13.3. The highest BCUT2D eigenvalue weighted by Crippen LogP contribution is 2.29. The van der Waals surface area contributed by atoms with Crippen LogP contribution in [0.3, 0.4) is 0 Å². The van der Waals surface area contributed by atoms with Gasteiger partial charge in [-0.3, -0.25) is 0 Å². The molecule has 0 saturated heterocycles. The molecule has 1 atom stereocenters. The summed E-state index contributed by atoms with van der Waals surface area (Å²) in [7, 11) is -3.66. The fourth-order valence-electron chi connectivity index (χ4n) is 2.46. The maximum atomic E-state index is 13.3. The van der Waals surface area contributed by atoms with Crippen LogP contribution in [0.15, 0.2) is 53.6 Å². The Morgan fingerprint density at radius 3 is 2.58 bits per heavy atom. The number of aliphatic hydroxyl groups is 1. The van der Waals surface area contributed by atoms with Crippen LogP contribution >= 0.6 is 0 Å². The van der Waals surface area contributed by atoms with Crippen molar-refractivity contribution in [3.8, 4) is 11.1 Å². The van der Waals surface area contributed by atoms with Gasteiger partial charge in [-0.25, -0.2) is 17.5 Å². The lowest BCUT2D eigenvalue weighted by Crippen LogP contribution is -2.30. The SMILES string of the molecule is C[C@@H](O)CNS(=O)(=O)c1ccc(-c2c[nH]c3cc(F)ccc23)cc1. The number of H-pyrrole nitrogens is 1. The van der Waals surface area contributed by atoms with Crippen LogP contribution in [0.2, 0.25) is 0 Å². The van der Waals surface area contributed by atoms with Crippen molar-refractivity contribution in [3.63, 3.8) is 0 Å². The number of rotatable bonds is 5. The molecule has 0 aliphatic rings. The molecule has 0 radical (unpaired) electrons. The quantitative estimate of drug-likeness (QED) is 0.663. The fraction of sp³-hybridized carbons (Fsp3) is 0.176. The van der Waals surface area contributed by atoms with Gasteiger partial charge in [-0.1, -0.05) is 12.1 Å². The number of halogens is 1. The minimum Gasteiger partial charge on any atom is -0.392 e. The largest absolute Gasteiger partial charge is 0.392 e. The van der Waals surface area contributed by atoms with E-state index in [1.807, 2.05) is 0 Å². The first-order valence-corrected chi connectivity index (χ1v) is 8.90. The molecule has 24 heavy (non-hydrogen) atoms. The Hall–Kier alpha value is -2.22. The molecule has 1 aromatic heterocycles. The molecule has 0 unspecified atom stereocenters. The molecule has 0 bridgehead atoms. The number of benzene rings is 2. The van der Waals surface area contributed by atoms with Gasteiger partial charge in [-0.2, -0.15) is 0 Å². The van der Waals surface area contributed by atoms with E-state index in [4.69, 9.17) is 0 Å². The molecule has 3 N–H and O–H groups in total.